The van der Waals surface area contributed by atoms with Crippen LogP contribution in [0.5, 0.6) is 0 Å². The van der Waals surface area contributed by atoms with E-state index in [1.54, 1.807) is 6.92 Å². The Labute approximate surface area is 123 Å². The fourth-order valence-corrected chi connectivity index (χ4v) is 1.28. The third-order valence-corrected chi connectivity index (χ3v) is 2.96. The topological polar surface area (TPSA) is 140 Å². The number of likely N-dealkylation sites (N-methyl/N-ethyl adjacent to an activating group) is 1. The highest BCUT2D eigenvalue weighted by atomic mass is 17.2. The average molecular weight is 311 g/mol. The molecule has 5 N–H and O–H groups in total. The Kier molecular flexibility index (Phi) is 9.42. The smallest absolute Gasteiger partial charge is 0.394 e. The van der Waals surface area contributed by atoms with E-state index in [1.165, 1.54) is 7.05 Å². The summed E-state index contributed by atoms with van der Waals surface area (Å²) in [7, 11) is 1.30. The van der Waals surface area contributed by atoms with Gasteiger partial charge in [-0.1, -0.05) is 6.92 Å². The SMILES string of the molecule is CCC(C)OOC(=O)N(C)C[C@H](O)[C@@H](O)[C@H](O)[C@H](O)CO. The molecular formula is C12H25NO8. The van der Waals surface area contributed by atoms with Crippen LogP contribution in [0.3, 0.4) is 0 Å². The molecular weight excluding hydrogens is 286 g/mol. The molecule has 0 aromatic rings. The van der Waals surface area contributed by atoms with Crippen molar-refractivity contribution in [3.63, 3.8) is 0 Å². The lowest BCUT2D eigenvalue weighted by atomic mass is 10.0. The summed E-state index contributed by atoms with van der Waals surface area (Å²) < 4.78 is 0. The Morgan fingerprint density at radius 1 is 1.14 bits per heavy atom. The van der Waals surface area contributed by atoms with Crippen LogP contribution >= 0.6 is 0 Å². The minimum atomic E-state index is -1.74. The van der Waals surface area contributed by atoms with Crippen molar-refractivity contribution in [2.75, 3.05) is 20.2 Å². The maximum atomic E-state index is 11.5. The zero-order valence-electron chi connectivity index (χ0n) is 12.4. The molecule has 0 aromatic heterocycles. The third-order valence-electron chi connectivity index (χ3n) is 2.96. The second-order valence-corrected chi connectivity index (χ2v) is 4.84. The first-order valence-corrected chi connectivity index (χ1v) is 6.66. The highest BCUT2D eigenvalue weighted by Gasteiger charge is 2.31. The van der Waals surface area contributed by atoms with Gasteiger partial charge in [0.1, 0.15) is 30.5 Å². The van der Waals surface area contributed by atoms with Gasteiger partial charge in [-0.05, 0) is 13.3 Å². The first-order valence-electron chi connectivity index (χ1n) is 6.66. The van der Waals surface area contributed by atoms with Gasteiger partial charge in [-0.3, -0.25) is 4.89 Å². The Hall–Kier alpha value is -0.970. The van der Waals surface area contributed by atoms with Crippen molar-refractivity contribution in [3.05, 3.63) is 0 Å². The molecule has 0 saturated heterocycles. The van der Waals surface area contributed by atoms with Crippen molar-refractivity contribution in [1.82, 2.24) is 4.90 Å². The molecule has 0 heterocycles. The van der Waals surface area contributed by atoms with Crippen LogP contribution in [0.1, 0.15) is 20.3 Å². The zero-order valence-corrected chi connectivity index (χ0v) is 12.4. The van der Waals surface area contributed by atoms with Crippen LogP contribution in [0, 0.1) is 0 Å². The van der Waals surface area contributed by atoms with Gasteiger partial charge in [-0.15, -0.1) is 0 Å². The van der Waals surface area contributed by atoms with Crippen molar-refractivity contribution in [2.45, 2.75) is 50.8 Å². The predicted octanol–water partition coefficient (Wildman–Crippen LogP) is -1.78. The van der Waals surface area contributed by atoms with Gasteiger partial charge in [-0.2, -0.15) is 4.89 Å². The van der Waals surface area contributed by atoms with Crippen molar-refractivity contribution < 1.29 is 40.1 Å². The highest BCUT2D eigenvalue weighted by molar-refractivity contribution is 5.66. The molecule has 0 saturated carbocycles. The summed E-state index contributed by atoms with van der Waals surface area (Å²) >= 11 is 0. The van der Waals surface area contributed by atoms with Crippen LogP contribution in [0.4, 0.5) is 4.79 Å². The lowest BCUT2D eigenvalue weighted by Gasteiger charge is -2.28. The van der Waals surface area contributed by atoms with Crippen LogP contribution in [0.2, 0.25) is 0 Å². The molecule has 21 heavy (non-hydrogen) atoms. The molecule has 1 amide bonds. The molecule has 0 aromatic carbocycles. The molecule has 0 aliphatic carbocycles. The van der Waals surface area contributed by atoms with Gasteiger partial charge in [0.15, 0.2) is 0 Å². The Bertz CT molecular complexity index is 303. The molecule has 9 nitrogen and oxygen atoms in total. The number of carbonyl (C=O) groups excluding carboxylic acids is 1. The number of amides is 1. The number of aliphatic hydroxyl groups excluding tert-OH is 5. The minimum Gasteiger partial charge on any atom is -0.394 e. The van der Waals surface area contributed by atoms with E-state index in [0.29, 0.717) is 6.42 Å². The van der Waals surface area contributed by atoms with Crippen LogP contribution in [0.25, 0.3) is 0 Å². The largest absolute Gasteiger partial charge is 0.441 e. The van der Waals surface area contributed by atoms with Gasteiger partial charge in [-0.25, -0.2) is 4.79 Å². The first-order chi connectivity index (χ1) is 9.74. The minimum absolute atomic E-state index is 0.278. The second kappa shape index (κ2) is 9.87. The number of carbonyl (C=O) groups is 1. The summed E-state index contributed by atoms with van der Waals surface area (Å²) in [6.07, 6.45) is -7.13. The van der Waals surface area contributed by atoms with Gasteiger partial charge in [0.05, 0.1) is 13.2 Å². The van der Waals surface area contributed by atoms with Crippen molar-refractivity contribution in [3.8, 4) is 0 Å². The molecule has 9 heteroatoms. The lowest BCUT2D eigenvalue weighted by Crippen LogP contribution is -2.50. The monoisotopic (exact) mass is 311 g/mol. The lowest BCUT2D eigenvalue weighted by molar-refractivity contribution is -0.274. The first kappa shape index (κ1) is 20.0. The van der Waals surface area contributed by atoms with Crippen molar-refractivity contribution in [1.29, 1.82) is 0 Å². The van der Waals surface area contributed by atoms with E-state index in [4.69, 9.17) is 15.1 Å². The van der Waals surface area contributed by atoms with Crippen LogP contribution < -0.4 is 0 Å². The van der Waals surface area contributed by atoms with Gasteiger partial charge in [0, 0.05) is 7.05 Å². The molecule has 0 rings (SSSR count). The highest BCUT2D eigenvalue weighted by Crippen LogP contribution is 2.07. The number of aliphatic hydroxyl groups is 5. The second-order valence-electron chi connectivity index (χ2n) is 4.84. The summed E-state index contributed by atoms with van der Waals surface area (Å²) in [4.78, 5) is 21.7. The third kappa shape index (κ3) is 7.02. The maximum Gasteiger partial charge on any atom is 0.441 e. The average Bonchev–Trinajstić information content (AvgIpc) is 2.49. The summed E-state index contributed by atoms with van der Waals surface area (Å²) in [6.45, 7) is 2.42. The molecule has 0 radical (unpaired) electrons. The molecule has 0 bridgehead atoms. The van der Waals surface area contributed by atoms with E-state index in [1.807, 2.05) is 6.92 Å². The van der Waals surface area contributed by atoms with Gasteiger partial charge >= 0.3 is 6.09 Å². The van der Waals surface area contributed by atoms with Gasteiger partial charge in [0.2, 0.25) is 0 Å². The quantitative estimate of drug-likeness (QED) is 0.249. The molecule has 0 spiro atoms. The fraction of sp³-hybridized carbons (Fsp3) is 0.917. The van der Waals surface area contributed by atoms with E-state index in [-0.39, 0.29) is 12.6 Å². The molecule has 0 aliphatic rings. The molecule has 1 unspecified atom stereocenters. The number of rotatable bonds is 9. The van der Waals surface area contributed by atoms with E-state index < -0.39 is 37.1 Å². The summed E-state index contributed by atoms with van der Waals surface area (Å²) in [6, 6.07) is 0. The van der Waals surface area contributed by atoms with E-state index in [9.17, 15) is 20.1 Å². The number of nitrogens with zero attached hydrogens (tertiary/aromatic N) is 1. The van der Waals surface area contributed by atoms with Gasteiger partial charge in [0.25, 0.3) is 0 Å². The number of hydrogen-bond acceptors (Lipinski definition) is 8. The normalized spacial score (nSPS) is 18.5. The Balaban J connectivity index is 4.29. The van der Waals surface area contributed by atoms with Crippen LogP contribution in [-0.2, 0) is 9.78 Å². The zero-order chi connectivity index (χ0) is 16.6. The Morgan fingerprint density at radius 3 is 2.14 bits per heavy atom. The standard InChI is InChI=1S/C12H25NO8/c1-4-7(2)20-21-12(19)13(3)5-8(15)10(17)11(18)9(16)6-14/h7-11,14-18H,4-6H2,1-3H3/t7?,8-,9+,10+,11+/m0/s1. The summed E-state index contributed by atoms with van der Waals surface area (Å²) in [5.74, 6) is 0. The Morgan fingerprint density at radius 2 is 1.67 bits per heavy atom. The fourth-order valence-electron chi connectivity index (χ4n) is 1.28. The van der Waals surface area contributed by atoms with Crippen molar-refractivity contribution in [2.24, 2.45) is 0 Å². The summed E-state index contributed by atoms with van der Waals surface area (Å²) in [5.41, 5.74) is 0. The van der Waals surface area contributed by atoms with Crippen molar-refractivity contribution >= 4 is 6.09 Å². The molecule has 5 atom stereocenters. The van der Waals surface area contributed by atoms with E-state index >= 15 is 0 Å². The van der Waals surface area contributed by atoms with Gasteiger partial charge < -0.3 is 30.4 Å². The number of hydrogen-bond donors (Lipinski definition) is 5. The van der Waals surface area contributed by atoms with Crippen LogP contribution in [-0.4, -0.2) is 87.2 Å². The van der Waals surface area contributed by atoms with E-state index in [0.717, 1.165) is 4.90 Å². The van der Waals surface area contributed by atoms with Crippen LogP contribution in [0.15, 0.2) is 0 Å². The molecule has 0 fully saturated rings. The summed E-state index contributed by atoms with van der Waals surface area (Å²) in [5, 5.41) is 46.5. The predicted molar refractivity (Wildman–Crippen MR) is 71.1 cm³/mol. The molecule has 0 aliphatic heterocycles. The molecule has 126 valence electrons. The maximum absolute atomic E-state index is 11.5. The van der Waals surface area contributed by atoms with E-state index in [2.05, 4.69) is 4.89 Å².